The van der Waals surface area contributed by atoms with Gasteiger partial charge in [-0.3, -0.25) is 4.98 Å². The van der Waals surface area contributed by atoms with E-state index in [1.165, 1.54) is 11.8 Å². The Labute approximate surface area is 200 Å². The number of hydrogen-bond acceptors (Lipinski definition) is 6. The third-order valence-electron chi connectivity index (χ3n) is 6.91. The van der Waals surface area contributed by atoms with Crippen molar-refractivity contribution in [2.24, 2.45) is 0 Å². The van der Waals surface area contributed by atoms with Crippen molar-refractivity contribution in [1.82, 2.24) is 29.5 Å². The van der Waals surface area contributed by atoms with E-state index in [0.29, 0.717) is 18.4 Å². The van der Waals surface area contributed by atoms with Crippen molar-refractivity contribution in [2.45, 2.75) is 45.4 Å². The second-order valence-corrected chi connectivity index (χ2v) is 12.1. The Morgan fingerprint density at radius 3 is 2.68 bits per heavy atom. The average molecular weight is 481 g/mol. The van der Waals surface area contributed by atoms with Gasteiger partial charge in [0, 0.05) is 41.7 Å². The molecule has 0 amide bonds. The SMILES string of the molecule is Cc1cc(-c2[nH]c3ccc(C4CCN(CCS(C)(=O)=O)CC4)nc3c2C(C)C)cn2ncnc12. The summed E-state index contributed by atoms with van der Waals surface area (Å²) in [6, 6.07) is 6.47. The monoisotopic (exact) mass is 480 g/mol. The molecule has 1 N–H and O–H groups in total. The summed E-state index contributed by atoms with van der Waals surface area (Å²) in [4.78, 5) is 15.4. The maximum atomic E-state index is 11.5. The molecule has 0 unspecified atom stereocenters. The number of hydrogen-bond donors (Lipinski definition) is 1. The van der Waals surface area contributed by atoms with E-state index in [-0.39, 0.29) is 5.75 Å². The standard InChI is InChI=1S/C25H32N6O2S/c1-16(2)22-23(19-13-17(3)25-26-15-27-31(25)14-19)29-21-6-5-20(28-24(21)22)18-7-9-30(10-8-18)11-12-34(4,32)33/h5-6,13-16,18,29H,7-12H2,1-4H3. The van der Waals surface area contributed by atoms with E-state index in [4.69, 9.17) is 4.98 Å². The average Bonchev–Trinajstić information content (AvgIpc) is 3.42. The first-order valence-electron chi connectivity index (χ1n) is 11.9. The highest BCUT2D eigenvalue weighted by molar-refractivity contribution is 7.90. The molecular formula is C25H32N6O2S. The van der Waals surface area contributed by atoms with Crippen LogP contribution in [0.15, 0.2) is 30.7 Å². The lowest BCUT2D eigenvalue weighted by atomic mass is 9.92. The Morgan fingerprint density at radius 1 is 1.21 bits per heavy atom. The molecule has 1 aliphatic heterocycles. The first-order valence-corrected chi connectivity index (χ1v) is 14.0. The van der Waals surface area contributed by atoms with E-state index >= 15 is 0 Å². The summed E-state index contributed by atoms with van der Waals surface area (Å²) in [5.41, 5.74) is 8.56. The van der Waals surface area contributed by atoms with Gasteiger partial charge in [0.1, 0.15) is 16.2 Å². The number of fused-ring (bicyclic) bond motifs is 2. The summed E-state index contributed by atoms with van der Waals surface area (Å²) >= 11 is 0. The van der Waals surface area contributed by atoms with Gasteiger partial charge < -0.3 is 9.88 Å². The van der Waals surface area contributed by atoms with Crippen LogP contribution >= 0.6 is 0 Å². The zero-order chi connectivity index (χ0) is 24.0. The Kier molecular flexibility index (Phi) is 5.93. The van der Waals surface area contributed by atoms with Gasteiger partial charge >= 0.3 is 0 Å². The van der Waals surface area contributed by atoms with Crippen LogP contribution in [0.3, 0.4) is 0 Å². The highest BCUT2D eigenvalue weighted by Crippen LogP contribution is 2.37. The minimum atomic E-state index is -2.93. The Hall–Kier alpha value is -2.78. The van der Waals surface area contributed by atoms with Gasteiger partial charge in [-0.1, -0.05) is 13.8 Å². The highest BCUT2D eigenvalue weighted by atomic mass is 32.2. The lowest BCUT2D eigenvalue weighted by Crippen LogP contribution is -2.36. The molecule has 1 fully saturated rings. The maximum absolute atomic E-state index is 11.5. The lowest BCUT2D eigenvalue weighted by molar-refractivity contribution is 0.222. The number of piperidine rings is 1. The van der Waals surface area contributed by atoms with Crippen LogP contribution in [0, 0.1) is 6.92 Å². The third kappa shape index (κ3) is 4.46. The molecule has 0 saturated carbocycles. The summed E-state index contributed by atoms with van der Waals surface area (Å²) in [6.07, 6.45) is 6.92. The van der Waals surface area contributed by atoms with Gasteiger partial charge in [-0.05, 0) is 62.5 Å². The maximum Gasteiger partial charge on any atom is 0.158 e. The number of likely N-dealkylation sites (tertiary alicyclic amines) is 1. The molecule has 1 aliphatic rings. The number of H-pyrrole nitrogens is 1. The molecule has 1 saturated heterocycles. The Balaban J connectivity index is 1.45. The van der Waals surface area contributed by atoms with Crippen LogP contribution in [-0.4, -0.2) is 69.5 Å². The quantitative estimate of drug-likeness (QED) is 0.449. The van der Waals surface area contributed by atoms with Crippen LogP contribution in [0.5, 0.6) is 0 Å². The van der Waals surface area contributed by atoms with E-state index in [1.807, 2.05) is 10.7 Å². The molecule has 0 bridgehead atoms. The fourth-order valence-corrected chi connectivity index (χ4v) is 5.69. The molecule has 8 nitrogen and oxygen atoms in total. The minimum Gasteiger partial charge on any atom is -0.353 e. The molecule has 0 atom stereocenters. The topological polar surface area (TPSA) is 96.2 Å². The molecule has 0 aliphatic carbocycles. The van der Waals surface area contributed by atoms with E-state index in [9.17, 15) is 8.42 Å². The van der Waals surface area contributed by atoms with Crippen molar-refractivity contribution in [3.05, 3.63) is 47.5 Å². The van der Waals surface area contributed by atoms with Crippen molar-refractivity contribution in [3.8, 4) is 11.3 Å². The van der Waals surface area contributed by atoms with Gasteiger partial charge in [0.05, 0.1) is 22.5 Å². The van der Waals surface area contributed by atoms with Gasteiger partial charge in [-0.25, -0.2) is 17.9 Å². The summed E-state index contributed by atoms with van der Waals surface area (Å²) in [7, 11) is -2.93. The summed E-state index contributed by atoms with van der Waals surface area (Å²) < 4.78 is 24.8. The number of nitrogens with zero attached hydrogens (tertiary/aromatic N) is 5. The summed E-state index contributed by atoms with van der Waals surface area (Å²) in [5, 5.41) is 4.34. The van der Waals surface area contributed by atoms with Crippen LogP contribution in [-0.2, 0) is 9.84 Å². The smallest absolute Gasteiger partial charge is 0.158 e. The molecule has 0 spiro atoms. The molecular weight excluding hydrogens is 448 g/mol. The van der Waals surface area contributed by atoms with Crippen LogP contribution < -0.4 is 0 Å². The zero-order valence-corrected chi connectivity index (χ0v) is 21.1. The van der Waals surface area contributed by atoms with Crippen molar-refractivity contribution >= 4 is 26.5 Å². The van der Waals surface area contributed by atoms with Gasteiger partial charge in [0.25, 0.3) is 0 Å². The molecule has 0 radical (unpaired) electrons. The third-order valence-corrected chi connectivity index (χ3v) is 7.83. The fraction of sp³-hybridized carbons (Fsp3) is 0.480. The second-order valence-electron chi connectivity index (χ2n) is 9.89. The molecule has 4 aromatic rings. The predicted molar refractivity (Wildman–Crippen MR) is 135 cm³/mol. The number of sulfone groups is 1. The van der Waals surface area contributed by atoms with Crippen LogP contribution in [0.2, 0.25) is 0 Å². The van der Waals surface area contributed by atoms with Gasteiger partial charge in [-0.15, -0.1) is 0 Å². The van der Waals surface area contributed by atoms with Crippen molar-refractivity contribution in [2.75, 3.05) is 31.6 Å². The molecule has 34 heavy (non-hydrogen) atoms. The van der Waals surface area contributed by atoms with Gasteiger partial charge in [0.15, 0.2) is 5.65 Å². The molecule has 5 heterocycles. The fourth-order valence-electron chi connectivity index (χ4n) is 5.10. The predicted octanol–water partition coefficient (Wildman–Crippen LogP) is 3.93. The zero-order valence-electron chi connectivity index (χ0n) is 20.2. The van der Waals surface area contributed by atoms with E-state index < -0.39 is 9.84 Å². The van der Waals surface area contributed by atoms with Crippen LogP contribution in [0.4, 0.5) is 0 Å². The number of pyridine rings is 2. The minimum absolute atomic E-state index is 0.228. The number of nitrogens with one attached hydrogen (secondary N) is 1. The Bertz CT molecular complexity index is 1450. The van der Waals surface area contributed by atoms with Crippen LogP contribution in [0.1, 0.15) is 55.3 Å². The first-order chi connectivity index (χ1) is 16.2. The Morgan fingerprint density at radius 2 is 1.97 bits per heavy atom. The molecule has 9 heteroatoms. The van der Waals surface area contributed by atoms with Crippen LogP contribution in [0.25, 0.3) is 27.9 Å². The summed E-state index contributed by atoms with van der Waals surface area (Å²) in [5.74, 6) is 0.924. The van der Waals surface area contributed by atoms with E-state index in [1.54, 1.807) is 6.33 Å². The molecule has 0 aromatic carbocycles. The lowest BCUT2D eigenvalue weighted by Gasteiger charge is -2.31. The number of aryl methyl sites for hydroxylation is 1. The highest BCUT2D eigenvalue weighted by Gasteiger charge is 2.24. The number of rotatable bonds is 6. The van der Waals surface area contributed by atoms with Crippen molar-refractivity contribution in [3.63, 3.8) is 0 Å². The number of aromatic amines is 1. The number of aromatic nitrogens is 5. The van der Waals surface area contributed by atoms with Gasteiger partial charge in [0.2, 0.25) is 0 Å². The molecule has 4 aromatic heterocycles. The molecule has 5 rings (SSSR count). The van der Waals surface area contributed by atoms with Crippen molar-refractivity contribution < 1.29 is 8.42 Å². The second kappa shape index (κ2) is 8.78. The van der Waals surface area contributed by atoms with Gasteiger partial charge in [-0.2, -0.15) is 5.10 Å². The molecule has 180 valence electrons. The van der Waals surface area contributed by atoms with E-state index in [0.717, 1.165) is 65.1 Å². The van der Waals surface area contributed by atoms with Crippen molar-refractivity contribution in [1.29, 1.82) is 0 Å². The normalized spacial score (nSPS) is 16.3. The van der Waals surface area contributed by atoms with E-state index in [2.05, 4.69) is 58.9 Å². The summed E-state index contributed by atoms with van der Waals surface area (Å²) in [6.45, 7) is 8.91. The largest absolute Gasteiger partial charge is 0.353 e. The first kappa shape index (κ1) is 23.0.